The van der Waals surface area contributed by atoms with Crippen molar-refractivity contribution in [1.82, 2.24) is 0 Å². The summed E-state index contributed by atoms with van der Waals surface area (Å²) < 4.78 is 16.8. The Morgan fingerprint density at radius 2 is 1.57 bits per heavy atom. The van der Waals surface area contributed by atoms with Gasteiger partial charge in [0.25, 0.3) is 0 Å². The molecule has 1 aromatic heterocycles. The van der Waals surface area contributed by atoms with Gasteiger partial charge < -0.3 is 14.2 Å². The maximum Gasteiger partial charge on any atom is 0.325 e. The molecule has 162 valence electrons. The van der Waals surface area contributed by atoms with E-state index in [1.165, 1.54) is 42.4 Å². The first-order valence-electron chi connectivity index (χ1n) is 11.1. The highest BCUT2D eigenvalue weighted by atomic mass is 31.2. The minimum atomic E-state index is -3.88. The van der Waals surface area contributed by atoms with Crippen LogP contribution in [-0.4, -0.2) is 15.9 Å². The van der Waals surface area contributed by atoms with Crippen LogP contribution in [0.25, 0.3) is 22.1 Å². The van der Waals surface area contributed by atoms with Gasteiger partial charge in [0, 0.05) is 11.5 Å². The van der Waals surface area contributed by atoms with Gasteiger partial charge in [-0.15, -0.1) is 0 Å². The molecule has 2 N–H and O–H groups in total. The summed E-state index contributed by atoms with van der Waals surface area (Å²) in [6, 6.07) is 15.2. The van der Waals surface area contributed by atoms with Crippen molar-refractivity contribution >= 4 is 18.6 Å². The van der Waals surface area contributed by atoms with Crippen LogP contribution in [0.2, 0.25) is 0 Å². The number of unbranched alkanes of at least 4 members (excludes halogenated alkanes) is 5. The van der Waals surface area contributed by atoms with E-state index in [2.05, 4.69) is 43.3 Å². The summed E-state index contributed by atoms with van der Waals surface area (Å²) in [5, 5.41) is 1.12. The van der Waals surface area contributed by atoms with Crippen molar-refractivity contribution in [3.8, 4) is 11.1 Å². The van der Waals surface area contributed by atoms with Gasteiger partial charge >= 0.3 is 7.60 Å². The molecule has 0 amide bonds. The molecule has 2 aromatic carbocycles. The average molecular weight is 429 g/mol. The molecule has 3 rings (SSSR count). The van der Waals surface area contributed by atoms with Gasteiger partial charge in [0.1, 0.15) is 5.58 Å². The lowest BCUT2D eigenvalue weighted by atomic mass is 9.96. The van der Waals surface area contributed by atoms with Gasteiger partial charge in [0.15, 0.2) is 0 Å². The van der Waals surface area contributed by atoms with Crippen LogP contribution >= 0.6 is 7.60 Å². The molecule has 0 bridgehead atoms. The van der Waals surface area contributed by atoms with Gasteiger partial charge in [0.05, 0.1) is 6.26 Å². The van der Waals surface area contributed by atoms with E-state index in [0.717, 1.165) is 42.2 Å². The second-order valence-electron chi connectivity index (χ2n) is 8.14. The molecule has 30 heavy (non-hydrogen) atoms. The van der Waals surface area contributed by atoms with Gasteiger partial charge in [-0.25, -0.2) is 0 Å². The number of hydrogen-bond donors (Lipinski definition) is 2. The molecule has 0 saturated heterocycles. The molecule has 0 aliphatic heterocycles. The predicted molar refractivity (Wildman–Crippen MR) is 124 cm³/mol. The molecule has 0 fully saturated rings. The summed E-state index contributed by atoms with van der Waals surface area (Å²) in [7, 11) is -3.88. The van der Waals surface area contributed by atoms with Crippen LogP contribution in [-0.2, 0) is 17.4 Å². The molecule has 0 spiro atoms. The first-order chi connectivity index (χ1) is 14.5. The SMILES string of the molecule is CCCCCCc1ccc(-c2ccc(CCCCCP(=O)(O)O)c3occc23)cc1. The average Bonchev–Trinajstić information content (AvgIpc) is 3.21. The van der Waals surface area contributed by atoms with Crippen LogP contribution in [0.15, 0.2) is 53.1 Å². The lowest BCUT2D eigenvalue weighted by molar-refractivity contribution is 0.371. The number of benzene rings is 2. The summed E-state index contributed by atoms with van der Waals surface area (Å²) in [4.78, 5) is 17.9. The Hall–Kier alpha value is -1.87. The first-order valence-corrected chi connectivity index (χ1v) is 12.9. The van der Waals surface area contributed by atoms with Crippen molar-refractivity contribution in [2.75, 3.05) is 6.16 Å². The molecule has 1 heterocycles. The molecular formula is C25H33O4P. The van der Waals surface area contributed by atoms with Crippen molar-refractivity contribution in [2.24, 2.45) is 0 Å². The Kier molecular flexibility index (Phi) is 8.32. The summed E-state index contributed by atoms with van der Waals surface area (Å²) in [6.07, 6.45) is 11.1. The lowest BCUT2D eigenvalue weighted by Gasteiger charge is -2.09. The van der Waals surface area contributed by atoms with Crippen LogP contribution < -0.4 is 0 Å². The van der Waals surface area contributed by atoms with E-state index in [-0.39, 0.29) is 6.16 Å². The van der Waals surface area contributed by atoms with Crippen molar-refractivity contribution in [3.63, 3.8) is 0 Å². The fourth-order valence-electron chi connectivity index (χ4n) is 3.98. The molecule has 0 atom stereocenters. The zero-order valence-electron chi connectivity index (χ0n) is 17.8. The highest BCUT2D eigenvalue weighted by Crippen LogP contribution is 2.36. The van der Waals surface area contributed by atoms with E-state index in [1.54, 1.807) is 6.26 Å². The van der Waals surface area contributed by atoms with E-state index in [9.17, 15) is 4.57 Å². The third kappa shape index (κ3) is 6.57. The lowest BCUT2D eigenvalue weighted by Crippen LogP contribution is -1.92. The Morgan fingerprint density at radius 1 is 0.833 bits per heavy atom. The summed E-state index contributed by atoms with van der Waals surface area (Å²) in [5.74, 6) is 0. The normalized spacial score (nSPS) is 12.0. The van der Waals surface area contributed by atoms with Crippen LogP contribution in [0.1, 0.15) is 63.0 Å². The van der Waals surface area contributed by atoms with Gasteiger partial charge in [-0.1, -0.05) is 69.0 Å². The minimum Gasteiger partial charge on any atom is -0.464 e. The number of aryl methyl sites for hydroxylation is 2. The second kappa shape index (κ2) is 10.9. The van der Waals surface area contributed by atoms with E-state index in [0.29, 0.717) is 6.42 Å². The Labute approximate surface area is 179 Å². The number of rotatable bonds is 12. The monoisotopic (exact) mass is 428 g/mol. The zero-order chi connectivity index (χ0) is 21.4. The van der Waals surface area contributed by atoms with Gasteiger partial charge in [-0.2, -0.15) is 0 Å². The zero-order valence-corrected chi connectivity index (χ0v) is 18.7. The number of fused-ring (bicyclic) bond motifs is 1. The molecule has 0 unspecified atom stereocenters. The highest BCUT2D eigenvalue weighted by molar-refractivity contribution is 7.51. The van der Waals surface area contributed by atoms with E-state index >= 15 is 0 Å². The maximum absolute atomic E-state index is 11.0. The summed E-state index contributed by atoms with van der Waals surface area (Å²) in [6.45, 7) is 2.24. The molecule has 0 aliphatic rings. The molecular weight excluding hydrogens is 395 g/mol. The van der Waals surface area contributed by atoms with Crippen molar-refractivity contribution in [2.45, 2.75) is 64.7 Å². The van der Waals surface area contributed by atoms with Crippen LogP contribution in [0.5, 0.6) is 0 Å². The minimum absolute atomic E-state index is 0.0311. The smallest absolute Gasteiger partial charge is 0.325 e. The van der Waals surface area contributed by atoms with Crippen molar-refractivity contribution < 1.29 is 18.8 Å². The standard InChI is InChI=1S/C25H33O4P/c1-2-3-4-6-9-20-11-13-21(14-12-20)23-16-15-22(25-24(23)17-18-29-25)10-7-5-8-19-30(26,27)28/h11-18H,2-10,19H2,1H3,(H2,26,27,28). The van der Waals surface area contributed by atoms with Gasteiger partial charge in [-0.3, -0.25) is 4.57 Å². The quantitative estimate of drug-likeness (QED) is 0.238. The molecule has 4 nitrogen and oxygen atoms in total. The highest BCUT2D eigenvalue weighted by Gasteiger charge is 2.13. The third-order valence-corrected chi connectivity index (χ3v) is 6.58. The van der Waals surface area contributed by atoms with Crippen LogP contribution in [0, 0.1) is 0 Å². The third-order valence-electron chi connectivity index (χ3n) is 5.68. The fourth-order valence-corrected chi connectivity index (χ4v) is 4.62. The van der Waals surface area contributed by atoms with Gasteiger partial charge in [0.2, 0.25) is 0 Å². The predicted octanol–water partition coefficient (Wildman–Crippen LogP) is 7.11. The van der Waals surface area contributed by atoms with Crippen LogP contribution in [0.4, 0.5) is 0 Å². The molecule has 0 aliphatic carbocycles. The van der Waals surface area contributed by atoms with Crippen molar-refractivity contribution in [3.05, 3.63) is 59.9 Å². The molecule has 5 heteroatoms. The second-order valence-corrected chi connectivity index (χ2v) is 9.92. The number of furan rings is 1. The van der Waals surface area contributed by atoms with Gasteiger partial charge in [-0.05, 0) is 60.4 Å². The largest absolute Gasteiger partial charge is 0.464 e. The maximum atomic E-state index is 11.0. The Morgan fingerprint density at radius 3 is 2.30 bits per heavy atom. The molecule has 0 radical (unpaired) electrons. The first kappa shape index (κ1) is 22.8. The van der Waals surface area contributed by atoms with Crippen LogP contribution in [0.3, 0.4) is 0 Å². The van der Waals surface area contributed by atoms with E-state index in [4.69, 9.17) is 14.2 Å². The van der Waals surface area contributed by atoms with E-state index in [1.807, 2.05) is 6.07 Å². The summed E-state index contributed by atoms with van der Waals surface area (Å²) in [5.41, 5.74) is 5.85. The summed E-state index contributed by atoms with van der Waals surface area (Å²) >= 11 is 0. The Bertz CT molecular complexity index is 968. The fraction of sp³-hybridized carbons (Fsp3) is 0.440. The number of hydrogen-bond acceptors (Lipinski definition) is 2. The molecule has 3 aromatic rings. The van der Waals surface area contributed by atoms with Crippen molar-refractivity contribution in [1.29, 1.82) is 0 Å². The Balaban J connectivity index is 1.64. The molecule has 0 saturated carbocycles. The topological polar surface area (TPSA) is 70.7 Å². The van der Waals surface area contributed by atoms with E-state index < -0.39 is 7.60 Å².